The first-order chi connectivity index (χ1) is 21.2. The summed E-state index contributed by atoms with van der Waals surface area (Å²) in [5.74, 6) is -0.581. The summed E-state index contributed by atoms with van der Waals surface area (Å²) in [5, 5.41) is 0. The Balaban J connectivity index is 0. The van der Waals surface area contributed by atoms with Gasteiger partial charge in [-0.3, -0.25) is 19.2 Å². The Hall–Kier alpha value is -2.12. The van der Waals surface area contributed by atoms with E-state index < -0.39 is 0 Å². The monoisotopic (exact) mass is 628 g/mol. The van der Waals surface area contributed by atoms with E-state index in [4.69, 9.17) is 18.9 Å². The lowest BCUT2D eigenvalue weighted by Crippen LogP contribution is -2.18. The standard InChI is InChI=1S/C20H38O4.C16H30O4/c1-4-6-8-10-12-14-19(21)23-17-16-18(3)24-20(22)15-13-11-9-7-5-2;1-4-6-8-10-15(17)19-13-12-14(3)20-16(18)11-9-7-5-2/h18H,4-17H2,1-3H3;14H,4-13H2,1-3H3/t18-;14-/m11/s1. The highest BCUT2D eigenvalue weighted by atomic mass is 16.6. The summed E-state index contributed by atoms with van der Waals surface area (Å²) in [6.45, 7) is 12.9. The second kappa shape index (κ2) is 33.8. The molecule has 0 radical (unpaired) electrons. The summed E-state index contributed by atoms with van der Waals surface area (Å²) in [7, 11) is 0. The molecule has 0 aliphatic heterocycles. The van der Waals surface area contributed by atoms with Crippen LogP contribution in [0.2, 0.25) is 0 Å². The predicted molar refractivity (Wildman–Crippen MR) is 177 cm³/mol. The molecular formula is C36H68O8. The molecule has 8 heteroatoms. The zero-order valence-electron chi connectivity index (χ0n) is 29.4. The summed E-state index contributed by atoms with van der Waals surface area (Å²) in [6.07, 6.45) is 20.0. The molecule has 0 saturated heterocycles. The molecule has 0 aromatic heterocycles. The third kappa shape index (κ3) is 34.4. The van der Waals surface area contributed by atoms with Gasteiger partial charge in [-0.15, -0.1) is 0 Å². The van der Waals surface area contributed by atoms with Crippen LogP contribution in [-0.4, -0.2) is 49.3 Å². The fraction of sp³-hybridized carbons (Fsp3) is 0.889. The predicted octanol–water partition coefficient (Wildman–Crippen LogP) is 9.58. The van der Waals surface area contributed by atoms with Crippen LogP contribution in [0.1, 0.15) is 183 Å². The minimum Gasteiger partial charge on any atom is -0.466 e. The number of esters is 4. The molecule has 260 valence electrons. The molecule has 0 saturated carbocycles. The van der Waals surface area contributed by atoms with Crippen LogP contribution < -0.4 is 0 Å². The first kappa shape index (κ1) is 44.0. The number of unbranched alkanes of at least 4 members (excludes halogenated alkanes) is 12. The van der Waals surface area contributed by atoms with E-state index in [-0.39, 0.29) is 36.1 Å². The van der Waals surface area contributed by atoms with Crippen LogP contribution in [0.25, 0.3) is 0 Å². The maximum atomic E-state index is 11.7. The fourth-order valence-corrected chi connectivity index (χ4v) is 4.29. The molecular weight excluding hydrogens is 560 g/mol. The normalized spacial score (nSPS) is 12.0. The Morgan fingerprint density at radius 1 is 0.409 bits per heavy atom. The molecule has 0 unspecified atom stereocenters. The Morgan fingerprint density at radius 3 is 1.02 bits per heavy atom. The van der Waals surface area contributed by atoms with Crippen molar-refractivity contribution in [1.82, 2.24) is 0 Å². The molecule has 8 nitrogen and oxygen atoms in total. The van der Waals surface area contributed by atoms with Crippen molar-refractivity contribution in [3.05, 3.63) is 0 Å². The Bertz CT molecular complexity index is 694. The maximum Gasteiger partial charge on any atom is 0.306 e. The maximum absolute atomic E-state index is 11.7. The van der Waals surface area contributed by atoms with Crippen molar-refractivity contribution < 1.29 is 38.1 Å². The SMILES string of the molecule is CCCCCC(=O)OCC[C@@H](C)OC(=O)CCCCC.CCCCCCCC(=O)OCC[C@@H](C)OC(=O)CCCCCCC. The average molecular weight is 629 g/mol. The van der Waals surface area contributed by atoms with Crippen LogP contribution >= 0.6 is 0 Å². The highest BCUT2D eigenvalue weighted by Gasteiger charge is 2.12. The van der Waals surface area contributed by atoms with Crippen molar-refractivity contribution in [3.63, 3.8) is 0 Å². The molecule has 0 amide bonds. The van der Waals surface area contributed by atoms with Crippen molar-refractivity contribution >= 4 is 23.9 Å². The molecule has 0 aliphatic rings. The van der Waals surface area contributed by atoms with Gasteiger partial charge in [0.05, 0.1) is 13.2 Å². The Morgan fingerprint density at radius 2 is 0.682 bits per heavy atom. The van der Waals surface area contributed by atoms with Gasteiger partial charge in [0.15, 0.2) is 0 Å². The molecule has 0 N–H and O–H groups in total. The van der Waals surface area contributed by atoms with Crippen LogP contribution in [0.4, 0.5) is 0 Å². The lowest BCUT2D eigenvalue weighted by molar-refractivity contribution is -0.152. The molecule has 2 atom stereocenters. The summed E-state index contributed by atoms with van der Waals surface area (Å²) < 4.78 is 20.9. The van der Waals surface area contributed by atoms with Crippen molar-refractivity contribution in [2.45, 2.75) is 195 Å². The Labute approximate surface area is 270 Å². The largest absolute Gasteiger partial charge is 0.466 e. The van der Waals surface area contributed by atoms with Gasteiger partial charge in [0, 0.05) is 38.5 Å². The third-order valence-electron chi connectivity index (χ3n) is 7.18. The minimum absolute atomic E-state index is 0.138. The van der Waals surface area contributed by atoms with E-state index in [2.05, 4.69) is 27.7 Å². The molecule has 0 fully saturated rings. The fourth-order valence-electron chi connectivity index (χ4n) is 4.29. The van der Waals surface area contributed by atoms with E-state index in [0.29, 0.717) is 51.7 Å². The third-order valence-corrected chi connectivity index (χ3v) is 7.18. The molecule has 0 spiro atoms. The van der Waals surface area contributed by atoms with Gasteiger partial charge >= 0.3 is 23.9 Å². The average Bonchev–Trinajstić information content (AvgIpc) is 2.97. The van der Waals surface area contributed by atoms with Gasteiger partial charge in [-0.1, -0.05) is 105 Å². The summed E-state index contributed by atoms with van der Waals surface area (Å²) in [6, 6.07) is 0. The van der Waals surface area contributed by atoms with Gasteiger partial charge in [0.2, 0.25) is 0 Å². The van der Waals surface area contributed by atoms with E-state index in [1.807, 2.05) is 13.8 Å². The first-order valence-corrected chi connectivity index (χ1v) is 17.9. The Kier molecular flexibility index (Phi) is 33.8. The molecule has 0 aliphatic carbocycles. The molecule has 0 aromatic rings. The van der Waals surface area contributed by atoms with E-state index in [1.165, 1.54) is 38.5 Å². The molecule has 0 rings (SSSR count). The second-order valence-corrected chi connectivity index (χ2v) is 11.9. The molecule has 0 bridgehead atoms. The minimum atomic E-state index is -0.189. The highest BCUT2D eigenvalue weighted by Crippen LogP contribution is 2.10. The molecule has 44 heavy (non-hydrogen) atoms. The lowest BCUT2D eigenvalue weighted by Gasteiger charge is -2.13. The van der Waals surface area contributed by atoms with Gasteiger partial charge in [-0.2, -0.15) is 0 Å². The number of hydrogen-bond acceptors (Lipinski definition) is 8. The van der Waals surface area contributed by atoms with Crippen molar-refractivity contribution in [1.29, 1.82) is 0 Å². The molecule has 0 heterocycles. The summed E-state index contributed by atoms with van der Waals surface area (Å²) in [4.78, 5) is 46.1. The van der Waals surface area contributed by atoms with E-state index in [9.17, 15) is 19.2 Å². The van der Waals surface area contributed by atoms with Gasteiger partial charge in [0.25, 0.3) is 0 Å². The van der Waals surface area contributed by atoms with Crippen LogP contribution in [0.5, 0.6) is 0 Å². The van der Waals surface area contributed by atoms with Crippen molar-refractivity contribution in [2.24, 2.45) is 0 Å². The van der Waals surface area contributed by atoms with Crippen LogP contribution in [0.15, 0.2) is 0 Å². The number of ether oxygens (including phenoxy) is 4. The number of rotatable bonds is 28. The lowest BCUT2D eigenvalue weighted by atomic mass is 10.1. The first-order valence-electron chi connectivity index (χ1n) is 17.9. The van der Waals surface area contributed by atoms with E-state index in [0.717, 1.165) is 64.2 Å². The van der Waals surface area contributed by atoms with E-state index >= 15 is 0 Å². The second-order valence-electron chi connectivity index (χ2n) is 11.9. The number of carbonyl (C=O) groups is 4. The smallest absolute Gasteiger partial charge is 0.306 e. The quantitative estimate of drug-likeness (QED) is 0.0479. The van der Waals surface area contributed by atoms with Gasteiger partial charge in [-0.05, 0) is 39.5 Å². The van der Waals surface area contributed by atoms with Crippen molar-refractivity contribution in [3.8, 4) is 0 Å². The van der Waals surface area contributed by atoms with Crippen LogP contribution in [0, 0.1) is 0 Å². The van der Waals surface area contributed by atoms with Gasteiger partial charge < -0.3 is 18.9 Å². The number of carbonyl (C=O) groups excluding carboxylic acids is 4. The van der Waals surface area contributed by atoms with Gasteiger partial charge in [-0.25, -0.2) is 0 Å². The zero-order valence-corrected chi connectivity index (χ0v) is 29.4. The van der Waals surface area contributed by atoms with Crippen molar-refractivity contribution in [2.75, 3.05) is 13.2 Å². The highest BCUT2D eigenvalue weighted by molar-refractivity contribution is 5.70. The topological polar surface area (TPSA) is 105 Å². The zero-order chi connectivity index (χ0) is 33.3. The summed E-state index contributed by atoms with van der Waals surface area (Å²) >= 11 is 0. The van der Waals surface area contributed by atoms with E-state index in [1.54, 1.807) is 0 Å². The molecule has 0 aromatic carbocycles. The number of hydrogen-bond donors (Lipinski definition) is 0. The van der Waals surface area contributed by atoms with Gasteiger partial charge in [0.1, 0.15) is 12.2 Å². The van der Waals surface area contributed by atoms with Crippen LogP contribution in [0.3, 0.4) is 0 Å². The summed E-state index contributed by atoms with van der Waals surface area (Å²) in [5.41, 5.74) is 0. The van der Waals surface area contributed by atoms with Crippen LogP contribution in [-0.2, 0) is 38.1 Å².